The van der Waals surface area contributed by atoms with Gasteiger partial charge in [-0.2, -0.15) is 5.10 Å². The number of primary amides is 1. The van der Waals surface area contributed by atoms with E-state index in [2.05, 4.69) is 26.5 Å². The third-order valence-corrected chi connectivity index (χ3v) is 2.26. The maximum absolute atomic E-state index is 10.4. The lowest BCUT2D eigenvalue weighted by molar-refractivity contribution is 0.249. The summed E-state index contributed by atoms with van der Waals surface area (Å²) in [5, 5.41) is 3.82. The van der Waals surface area contributed by atoms with E-state index in [4.69, 9.17) is 5.73 Å². The number of rotatable bonds is 3. The average molecular weight is 270 g/mol. The van der Waals surface area contributed by atoms with Gasteiger partial charge in [-0.15, -0.1) is 0 Å². The minimum Gasteiger partial charge on any atom is -0.350 e. The number of halogens is 1. The van der Waals surface area contributed by atoms with Crippen LogP contribution in [-0.2, 0) is 6.42 Å². The van der Waals surface area contributed by atoms with Gasteiger partial charge in [-0.3, -0.25) is 0 Å². The van der Waals surface area contributed by atoms with Crippen LogP contribution in [0, 0.1) is 0 Å². The van der Waals surface area contributed by atoms with Crippen molar-refractivity contribution in [1.82, 2.24) is 5.43 Å². The average Bonchev–Trinajstić information content (AvgIpc) is 2.19. The zero-order chi connectivity index (χ0) is 11.3. The quantitative estimate of drug-likeness (QED) is 0.640. The molecule has 0 aliphatic carbocycles. The highest BCUT2D eigenvalue weighted by Crippen LogP contribution is 2.11. The van der Waals surface area contributed by atoms with Crippen molar-refractivity contribution in [2.24, 2.45) is 10.8 Å². The first kappa shape index (κ1) is 11.7. The van der Waals surface area contributed by atoms with Gasteiger partial charge < -0.3 is 5.73 Å². The molecule has 5 heteroatoms. The van der Waals surface area contributed by atoms with Crippen LogP contribution in [0.3, 0.4) is 0 Å². The summed E-state index contributed by atoms with van der Waals surface area (Å²) in [4.78, 5) is 10.4. The van der Waals surface area contributed by atoms with Gasteiger partial charge in [-0.1, -0.05) is 28.1 Å². The molecule has 1 aromatic carbocycles. The van der Waals surface area contributed by atoms with Crippen LogP contribution in [-0.4, -0.2) is 11.7 Å². The van der Waals surface area contributed by atoms with Crippen molar-refractivity contribution in [2.75, 3.05) is 0 Å². The molecule has 80 valence electrons. The summed E-state index contributed by atoms with van der Waals surface area (Å²) in [5.41, 5.74) is 9.02. The molecule has 0 fully saturated rings. The molecule has 0 atom stereocenters. The molecule has 3 N–H and O–H groups in total. The monoisotopic (exact) mass is 269 g/mol. The van der Waals surface area contributed by atoms with Crippen LogP contribution < -0.4 is 11.2 Å². The third-order valence-electron chi connectivity index (χ3n) is 1.73. The highest BCUT2D eigenvalue weighted by molar-refractivity contribution is 9.10. The number of nitrogens with zero attached hydrogens (tertiary/aromatic N) is 1. The van der Waals surface area contributed by atoms with Gasteiger partial charge in [0.1, 0.15) is 0 Å². The largest absolute Gasteiger partial charge is 0.350 e. The number of hydrazone groups is 1. The van der Waals surface area contributed by atoms with E-state index < -0.39 is 6.03 Å². The number of carbonyl (C=O) groups excluding carboxylic acids is 1. The standard InChI is InChI=1S/C10H12BrN3O/c1-7(13-14-10(12)15)6-8-2-4-9(11)5-3-8/h2-5H,6H2,1H3,(H3,12,14,15)/b13-7-. The maximum atomic E-state index is 10.4. The fourth-order valence-corrected chi connectivity index (χ4v) is 1.35. The Labute approximate surface area is 96.7 Å². The summed E-state index contributed by atoms with van der Waals surface area (Å²) < 4.78 is 1.04. The van der Waals surface area contributed by atoms with Crippen LogP contribution in [0.2, 0.25) is 0 Å². The molecule has 15 heavy (non-hydrogen) atoms. The number of carbonyl (C=O) groups is 1. The van der Waals surface area contributed by atoms with Gasteiger partial charge >= 0.3 is 6.03 Å². The molecule has 0 heterocycles. The maximum Gasteiger partial charge on any atom is 0.332 e. The minimum absolute atomic E-state index is 0.648. The molecule has 2 amide bonds. The van der Waals surface area contributed by atoms with Crippen LogP contribution in [0.4, 0.5) is 4.79 Å². The molecule has 1 rings (SSSR count). The fraction of sp³-hybridized carbons (Fsp3) is 0.200. The van der Waals surface area contributed by atoms with E-state index in [0.29, 0.717) is 6.42 Å². The number of urea groups is 1. The summed E-state index contributed by atoms with van der Waals surface area (Å²) in [7, 11) is 0. The SMILES string of the molecule is C/C(Cc1ccc(Br)cc1)=N/NC(N)=O. The number of benzene rings is 1. The second-order valence-electron chi connectivity index (χ2n) is 3.13. The summed E-state index contributed by atoms with van der Waals surface area (Å²) in [5.74, 6) is 0. The Bertz CT molecular complexity index is 373. The van der Waals surface area contributed by atoms with Gasteiger partial charge in [0.05, 0.1) is 0 Å². The Morgan fingerprint density at radius 1 is 1.47 bits per heavy atom. The molecule has 0 unspecified atom stereocenters. The molecule has 0 spiro atoms. The number of nitrogens with one attached hydrogen (secondary N) is 1. The number of nitrogens with two attached hydrogens (primary N) is 1. The molecule has 0 saturated heterocycles. The molecule has 0 aliphatic heterocycles. The molecule has 1 aromatic rings. The Morgan fingerprint density at radius 3 is 2.60 bits per heavy atom. The van der Waals surface area contributed by atoms with E-state index in [1.165, 1.54) is 0 Å². The Morgan fingerprint density at radius 2 is 2.07 bits per heavy atom. The number of hydrogen-bond acceptors (Lipinski definition) is 2. The van der Waals surface area contributed by atoms with Crippen molar-refractivity contribution >= 4 is 27.7 Å². The molecule has 0 aromatic heterocycles. The van der Waals surface area contributed by atoms with Crippen molar-refractivity contribution in [1.29, 1.82) is 0 Å². The van der Waals surface area contributed by atoms with Gasteiger partial charge in [-0.25, -0.2) is 10.2 Å². The van der Waals surface area contributed by atoms with Crippen molar-refractivity contribution in [2.45, 2.75) is 13.3 Å². The van der Waals surface area contributed by atoms with Crippen LogP contribution in [0.5, 0.6) is 0 Å². The van der Waals surface area contributed by atoms with Gasteiger partial charge in [-0.05, 0) is 24.6 Å². The Hall–Kier alpha value is -1.36. The summed E-state index contributed by atoms with van der Waals surface area (Å²) in [6.07, 6.45) is 0.688. The number of hydrogen-bond donors (Lipinski definition) is 2. The van der Waals surface area contributed by atoms with Crippen molar-refractivity contribution in [3.8, 4) is 0 Å². The van der Waals surface area contributed by atoms with Gasteiger partial charge in [0.15, 0.2) is 0 Å². The summed E-state index contributed by atoms with van der Waals surface area (Å²) >= 11 is 3.36. The highest BCUT2D eigenvalue weighted by Gasteiger charge is 1.97. The first-order valence-corrected chi connectivity index (χ1v) is 5.20. The lowest BCUT2D eigenvalue weighted by Crippen LogP contribution is -2.25. The second-order valence-corrected chi connectivity index (χ2v) is 4.04. The van der Waals surface area contributed by atoms with Crippen LogP contribution in [0.25, 0.3) is 0 Å². The Balaban J connectivity index is 2.58. The predicted molar refractivity (Wildman–Crippen MR) is 63.7 cm³/mol. The van der Waals surface area contributed by atoms with Crippen LogP contribution >= 0.6 is 15.9 Å². The Kier molecular flexibility index (Phi) is 4.30. The number of amides is 2. The van der Waals surface area contributed by atoms with E-state index in [1.807, 2.05) is 31.2 Å². The molecule has 0 bridgehead atoms. The van der Waals surface area contributed by atoms with E-state index in [0.717, 1.165) is 15.7 Å². The predicted octanol–water partition coefficient (Wildman–Crippen LogP) is 2.04. The van der Waals surface area contributed by atoms with Gasteiger partial charge in [0.2, 0.25) is 0 Å². The summed E-state index contributed by atoms with van der Waals surface area (Å²) in [6.45, 7) is 1.83. The minimum atomic E-state index is -0.648. The van der Waals surface area contributed by atoms with E-state index in [9.17, 15) is 4.79 Å². The first-order valence-electron chi connectivity index (χ1n) is 4.41. The fourth-order valence-electron chi connectivity index (χ4n) is 1.09. The van der Waals surface area contributed by atoms with Crippen molar-refractivity contribution < 1.29 is 4.79 Å². The first-order chi connectivity index (χ1) is 7.08. The van der Waals surface area contributed by atoms with Gasteiger partial charge in [0, 0.05) is 16.6 Å². The van der Waals surface area contributed by atoms with Crippen LogP contribution in [0.1, 0.15) is 12.5 Å². The topological polar surface area (TPSA) is 67.5 Å². The van der Waals surface area contributed by atoms with Gasteiger partial charge in [0.25, 0.3) is 0 Å². The zero-order valence-corrected chi connectivity index (χ0v) is 9.91. The normalized spacial score (nSPS) is 11.2. The molecular weight excluding hydrogens is 258 g/mol. The molecular formula is C10H12BrN3O. The van der Waals surface area contributed by atoms with Crippen molar-refractivity contribution in [3.63, 3.8) is 0 Å². The zero-order valence-electron chi connectivity index (χ0n) is 8.33. The molecule has 4 nitrogen and oxygen atoms in total. The van der Waals surface area contributed by atoms with Crippen molar-refractivity contribution in [3.05, 3.63) is 34.3 Å². The summed E-state index contributed by atoms with van der Waals surface area (Å²) in [6, 6.07) is 7.26. The molecule has 0 aliphatic rings. The lowest BCUT2D eigenvalue weighted by atomic mass is 10.1. The molecule has 0 radical (unpaired) electrons. The lowest BCUT2D eigenvalue weighted by Gasteiger charge is -2.01. The van der Waals surface area contributed by atoms with E-state index >= 15 is 0 Å². The third kappa shape index (κ3) is 4.60. The smallest absolute Gasteiger partial charge is 0.332 e. The van der Waals surface area contributed by atoms with E-state index in [-0.39, 0.29) is 0 Å². The second kappa shape index (κ2) is 5.50. The highest BCUT2D eigenvalue weighted by atomic mass is 79.9. The van der Waals surface area contributed by atoms with E-state index in [1.54, 1.807) is 0 Å². The van der Waals surface area contributed by atoms with Crippen LogP contribution in [0.15, 0.2) is 33.8 Å². The molecule has 0 saturated carbocycles.